The summed E-state index contributed by atoms with van der Waals surface area (Å²) in [6.45, 7) is 9.24. The Kier molecular flexibility index (Phi) is 6.93. The van der Waals surface area contributed by atoms with Crippen LogP contribution < -0.4 is 10.6 Å². The highest BCUT2D eigenvalue weighted by molar-refractivity contribution is 5.78. The van der Waals surface area contributed by atoms with E-state index in [1.807, 2.05) is 7.05 Å². The minimum absolute atomic E-state index is 0.191. The molecule has 1 heterocycles. The maximum absolute atomic E-state index is 12.1. The minimum Gasteiger partial charge on any atom is -0.352 e. The predicted molar refractivity (Wildman–Crippen MR) is 86.4 cm³/mol. The predicted octanol–water partition coefficient (Wildman–Crippen LogP) is 0.518. The fourth-order valence-corrected chi connectivity index (χ4v) is 3.35. The number of piperazine rings is 1. The smallest absolute Gasteiger partial charge is 0.234 e. The maximum Gasteiger partial charge on any atom is 0.234 e. The molecule has 5 nitrogen and oxygen atoms in total. The molecule has 5 heteroatoms. The van der Waals surface area contributed by atoms with Crippen molar-refractivity contribution < 1.29 is 4.79 Å². The van der Waals surface area contributed by atoms with Crippen molar-refractivity contribution in [1.29, 1.82) is 0 Å². The lowest BCUT2D eigenvalue weighted by molar-refractivity contribution is -0.123. The van der Waals surface area contributed by atoms with Gasteiger partial charge in [-0.2, -0.15) is 0 Å². The van der Waals surface area contributed by atoms with Crippen LogP contribution in [-0.2, 0) is 4.79 Å². The van der Waals surface area contributed by atoms with Crippen molar-refractivity contribution in [3.63, 3.8) is 0 Å². The van der Waals surface area contributed by atoms with Crippen LogP contribution in [0.5, 0.6) is 0 Å². The van der Waals surface area contributed by atoms with Crippen LogP contribution >= 0.6 is 0 Å². The summed E-state index contributed by atoms with van der Waals surface area (Å²) in [5, 5.41) is 6.60. The molecule has 1 amide bonds. The van der Waals surface area contributed by atoms with Gasteiger partial charge in [0, 0.05) is 45.3 Å². The summed E-state index contributed by atoms with van der Waals surface area (Å²) in [5.41, 5.74) is 0. The van der Waals surface area contributed by atoms with Crippen molar-refractivity contribution in [2.75, 3.05) is 52.9 Å². The molecule has 2 unspecified atom stereocenters. The van der Waals surface area contributed by atoms with Gasteiger partial charge in [-0.1, -0.05) is 19.8 Å². The van der Waals surface area contributed by atoms with Gasteiger partial charge in [-0.15, -0.1) is 0 Å². The summed E-state index contributed by atoms with van der Waals surface area (Å²) in [6, 6.07) is 0.396. The Labute approximate surface area is 129 Å². The lowest BCUT2D eigenvalue weighted by Gasteiger charge is -2.31. The molecule has 0 aromatic heterocycles. The van der Waals surface area contributed by atoms with Crippen LogP contribution in [0.4, 0.5) is 0 Å². The summed E-state index contributed by atoms with van der Waals surface area (Å²) in [7, 11) is 2.05. The SMILES string of the molecule is CC1CCCCC1NC(=O)CN(C)CCN1CCNCC1. The van der Waals surface area contributed by atoms with Crippen molar-refractivity contribution in [1.82, 2.24) is 20.4 Å². The normalized spacial score (nSPS) is 27.8. The Morgan fingerprint density at radius 1 is 1.29 bits per heavy atom. The van der Waals surface area contributed by atoms with Gasteiger partial charge >= 0.3 is 0 Å². The van der Waals surface area contributed by atoms with Gasteiger partial charge < -0.3 is 10.6 Å². The fraction of sp³-hybridized carbons (Fsp3) is 0.938. The molecule has 0 spiro atoms. The molecule has 2 atom stereocenters. The van der Waals surface area contributed by atoms with E-state index in [0.29, 0.717) is 18.5 Å². The van der Waals surface area contributed by atoms with E-state index in [1.165, 1.54) is 19.3 Å². The van der Waals surface area contributed by atoms with Gasteiger partial charge in [0.15, 0.2) is 0 Å². The number of carbonyl (C=O) groups is 1. The molecule has 1 aliphatic carbocycles. The number of carbonyl (C=O) groups excluding carboxylic acids is 1. The quantitative estimate of drug-likeness (QED) is 0.750. The molecule has 122 valence electrons. The Hall–Kier alpha value is -0.650. The first-order chi connectivity index (χ1) is 10.1. The van der Waals surface area contributed by atoms with E-state index in [2.05, 4.69) is 27.4 Å². The van der Waals surface area contributed by atoms with Crippen LogP contribution in [0.25, 0.3) is 0 Å². The summed E-state index contributed by atoms with van der Waals surface area (Å²) in [4.78, 5) is 16.8. The highest BCUT2D eigenvalue weighted by Gasteiger charge is 2.23. The van der Waals surface area contributed by atoms with Gasteiger partial charge in [0.05, 0.1) is 6.54 Å². The average molecular weight is 296 g/mol. The monoisotopic (exact) mass is 296 g/mol. The number of nitrogens with zero attached hydrogens (tertiary/aromatic N) is 2. The second-order valence-corrected chi connectivity index (χ2v) is 6.77. The van der Waals surface area contributed by atoms with E-state index in [9.17, 15) is 4.79 Å². The second kappa shape index (κ2) is 8.71. The van der Waals surface area contributed by atoms with Crippen LogP contribution in [-0.4, -0.2) is 74.6 Å². The number of amides is 1. The zero-order valence-electron chi connectivity index (χ0n) is 13.7. The van der Waals surface area contributed by atoms with Gasteiger partial charge in [-0.3, -0.25) is 14.6 Å². The molecule has 0 aromatic rings. The number of hydrogen-bond acceptors (Lipinski definition) is 4. The van der Waals surface area contributed by atoms with Gasteiger partial charge in [0.1, 0.15) is 0 Å². The van der Waals surface area contributed by atoms with Gasteiger partial charge in [-0.05, 0) is 25.8 Å². The molecule has 2 rings (SSSR count). The Morgan fingerprint density at radius 2 is 2.00 bits per heavy atom. The number of rotatable bonds is 6. The second-order valence-electron chi connectivity index (χ2n) is 6.77. The number of nitrogens with one attached hydrogen (secondary N) is 2. The molecular weight excluding hydrogens is 264 g/mol. The first kappa shape index (κ1) is 16.7. The Bertz CT molecular complexity index is 317. The van der Waals surface area contributed by atoms with E-state index >= 15 is 0 Å². The van der Waals surface area contributed by atoms with Crippen molar-refractivity contribution in [3.8, 4) is 0 Å². The largest absolute Gasteiger partial charge is 0.352 e. The van der Waals surface area contributed by atoms with Crippen molar-refractivity contribution in [3.05, 3.63) is 0 Å². The van der Waals surface area contributed by atoms with Crippen LogP contribution in [0.2, 0.25) is 0 Å². The Morgan fingerprint density at radius 3 is 2.71 bits per heavy atom. The highest BCUT2D eigenvalue weighted by atomic mass is 16.2. The standard InChI is InChI=1S/C16H32N4O/c1-14-5-3-4-6-15(14)18-16(21)13-19(2)11-12-20-9-7-17-8-10-20/h14-15,17H,3-13H2,1-2H3,(H,18,21). The molecule has 0 aromatic carbocycles. The summed E-state index contributed by atoms with van der Waals surface area (Å²) >= 11 is 0. The van der Waals surface area contributed by atoms with E-state index < -0.39 is 0 Å². The first-order valence-electron chi connectivity index (χ1n) is 8.56. The number of likely N-dealkylation sites (N-methyl/N-ethyl adjacent to an activating group) is 1. The van der Waals surface area contributed by atoms with E-state index in [0.717, 1.165) is 45.7 Å². The van der Waals surface area contributed by atoms with Crippen LogP contribution in [0.3, 0.4) is 0 Å². The molecule has 2 aliphatic rings. The van der Waals surface area contributed by atoms with E-state index in [-0.39, 0.29) is 5.91 Å². The number of hydrogen-bond donors (Lipinski definition) is 2. The first-order valence-corrected chi connectivity index (χ1v) is 8.56. The molecule has 1 saturated heterocycles. The molecule has 21 heavy (non-hydrogen) atoms. The molecular formula is C16H32N4O. The van der Waals surface area contributed by atoms with Gasteiger partial charge in [-0.25, -0.2) is 0 Å². The maximum atomic E-state index is 12.1. The third kappa shape index (κ3) is 5.93. The van der Waals surface area contributed by atoms with Crippen LogP contribution in [0.15, 0.2) is 0 Å². The molecule has 0 bridgehead atoms. The third-order valence-electron chi connectivity index (χ3n) is 4.88. The zero-order valence-corrected chi connectivity index (χ0v) is 13.7. The van der Waals surface area contributed by atoms with Gasteiger partial charge in [0.25, 0.3) is 0 Å². The van der Waals surface area contributed by atoms with E-state index in [4.69, 9.17) is 0 Å². The minimum atomic E-state index is 0.191. The van der Waals surface area contributed by atoms with Crippen LogP contribution in [0.1, 0.15) is 32.6 Å². The summed E-state index contributed by atoms with van der Waals surface area (Å²) in [6.07, 6.45) is 4.98. The third-order valence-corrected chi connectivity index (χ3v) is 4.88. The molecule has 1 aliphatic heterocycles. The topological polar surface area (TPSA) is 47.6 Å². The summed E-state index contributed by atoms with van der Waals surface area (Å²) < 4.78 is 0. The summed E-state index contributed by atoms with van der Waals surface area (Å²) in [5.74, 6) is 0.824. The van der Waals surface area contributed by atoms with Gasteiger partial charge in [0.2, 0.25) is 5.91 Å². The fourth-order valence-electron chi connectivity index (χ4n) is 3.35. The lowest BCUT2D eigenvalue weighted by atomic mass is 9.86. The molecule has 0 radical (unpaired) electrons. The van der Waals surface area contributed by atoms with Crippen molar-refractivity contribution in [2.45, 2.75) is 38.6 Å². The van der Waals surface area contributed by atoms with Crippen molar-refractivity contribution >= 4 is 5.91 Å². The van der Waals surface area contributed by atoms with Crippen LogP contribution in [0, 0.1) is 5.92 Å². The molecule has 1 saturated carbocycles. The lowest BCUT2D eigenvalue weighted by Crippen LogP contribution is -2.48. The molecule has 2 N–H and O–H groups in total. The van der Waals surface area contributed by atoms with E-state index in [1.54, 1.807) is 0 Å². The Balaban J connectivity index is 1.62. The zero-order chi connectivity index (χ0) is 15.1. The highest BCUT2D eigenvalue weighted by Crippen LogP contribution is 2.23. The van der Waals surface area contributed by atoms with Crippen molar-refractivity contribution in [2.24, 2.45) is 5.92 Å². The average Bonchev–Trinajstić information content (AvgIpc) is 2.48. The molecule has 2 fully saturated rings.